The van der Waals surface area contributed by atoms with E-state index >= 15 is 0 Å². The van der Waals surface area contributed by atoms with Gasteiger partial charge in [-0.25, -0.2) is 9.97 Å². The van der Waals surface area contributed by atoms with Crippen molar-refractivity contribution in [3.05, 3.63) is 40.5 Å². The first kappa shape index (κ1) is 14.9. The molecule has 1 N–H and O–H groups in total. The summed E-state index contributed by atoms with van der Waals surface area (Å²) < 4.78 is 0. The van der Waals surface area contributed by atoms with Gasteiger partial charge in [0.15, 0.2) is 0 Å². The average Bonchev–Trinajstić information content (AvgIpc) is 3.39. The second kappa shape index (κ2) is 5.84. The maximum atomic E-state index is 13.0. The van der Waals surface area contributed by atoms with Crippen LogP contribution in [0.25, 0.3) is 11.0 Å². The number of aromatic amines is 1. The van der Waals surface area contributed by atoms with Gasteiger partial charge in [0.2, 0.25) is 5.91 Å². The number of nitrogens with one attached hydrogen (secondary N) is 1. The fourth-order valence-corrected chi connectivity index (χ4v) is 4.85. The summed E-state index contributed by atoms with van der Waals surface area (Å²) in [6.07, 6.45) is 5.35. The van der Waals surface area contributed by atoms with Gasteiger partial charge in [0.05, 0.1) is 11.3 Å². The Bertz CT molecular complexity index is 932. The molecule has 3 aromatic heterocycles. The maximum Gasteiger partial charge on any atom is 0.227 e. The second-order valence-electron chi connectivity index (χ2n) is 6.75. The third-order valence-corrected chi connectivity index (χ3v) is 6.31. The van der Waals surface area contributed by atoms with Crippen LogP contribution in [0.5, 0.6) is 0 Å². The van der Waals surface area contributed by atoms with Crippen LogP contribution in [-0.2, 0) is 17.8 Å². The van der Waals surface area contributed by atoms with Gasteiger partial charge in [-0.2, -0.15) is 0 Å². The van der Waals surface area contributed by atoms with Gasteiger partial charge in [0.25, 0.3) is 0 Å². The molecule has 2 aliphatic rings. The summed E-state index contributed by atoms with van der Waals surface area (Å²) in [5.74, 6) is 1.28. The minimum atomic E-state index is 0.0594. The van der Waals surface area contributed by atoms with Crippen LogP contribution in [0.4, 0.5) is 5.82 Å². The molecule has 6 nitrogen and oxygen atoms in total. The molecule has 0 aromatic carbocycles. The highest BCUT2D eigenvalue weighted by molar-refractivity contribution is 7.10. The Hall–Kier alpha value is -2.41. The van der Waals surface area contributed by atoms with Crippen molar-refractivity contribution in [3.63, 3.8) is 0 Å². The fourth-order valence-electron chi connectivity index (χ4n) is 3.96. The molecule has 25 heavy (non-hydrogen) atoms. The SMILES string of the molecule is O=C(C1CCN(c2ncnc3[nH]ccc23)C1)N1CCc2sccc2C1. The van der Waals surface area contributed by atoms with Crippen LogP contribution in [0.1, 0.15) is 16.9 Å². The van der Waals surface area contributed by atoms with Crippen molar-refractivity contribution in [2.75, 3.05) is 24.5 Å². The standard InChI is InChI=1S/C18H19N5OS/c24-18(23-7-3-15-12(9-23)4-8-25-15)13-2-6-22(10-13)17-14-1-5-19-16(14)20-11-21-17/h1,4-5,8,11,13H,2-3,6-7,9-10H2,(H,19,20,21). The van der Waals surface area contributed by atoms with Gasteiger partial charge in [-0.1, -0.05) is 0 Å². The number of anilines is 1. The van der Waals surface area contributed by atoms with E-state index in [2.05, 4.69) is 31.3 Å². The molecule has 5 rings (SSSR count). The van der Waals surface area contributed by atoms with Gasteiger partial charge in [-0.15, -0.1) is 11.3 Å². The molecule has 0 radical (unpaired) electrons. The van der Waals surface area contributed by atoms with E-state index in [0.29, 0.717) is 5.91 Å². The Balaban J connectivity index is 1.32. The first-order valence-electron chi connectivity index (χ1n) is 8.66. The molecular formula is C18H19N5OS. The normalized spacial score (nSPS) is 20.2. The summed E-state index contributed by atoms with van der Waals surface area (Å²) in [7, 11) is 0. The molecule has 1 atom stereocenters. The van der Waals surface area contributed by atoms with Crippen molar-refractivity contribution in [1.82, 2.24) is 19.9 Å². The number of hydrogen-bond donors (Lipinski definition) is 1. The van der Waals surface area contributed by atoms with Crippen LogP contribution < -0.4 is 4.90 Å². The Kier molecular flexibility index (Phi) is 3.48. The third kappa shape index (κ3) is 2.50. The molecule has 1 unspecified atom stereocenters. The van der Waals surface area contributed by atoms with Gasteiger partial charge in [0.1, 0.15) is 17.8 Å². The lowest BCUT2D eigenvalue weighted by molar-refractivity contribution is -0.135. The molecule has 3 aromatic rings. The van der Waals surface area contributed by atoms with E-state index in [0.717, 1.165) is 55.9 Å². The molecule has 7 heteroatoms. The molecule has 128 valence electrons. The molecule has 0 bridgehead atoms. The number of carbonyl (C=O) groups is 1. The maximum absolute atomic E-state index is 13.0. The number of H-pyrrole nitrogens is 1. The van der Waals surface area contributed by atoms with Gasteiger partial charge in [-0.3, -0.25) is 4.79 Å². The van der Waals surface area contributed by atoms with Crippen LogP contribution >= 0.6 is 11.3 Å². The van der Waals surface area contributed by atoms with E-state index < -0.39 is 0 Å². The molecule has 1 saturated heterocycles. The van der Waals surface area contributed by atoms with Crippen LogP contribution in [0.2, 0.25) is 0 Å². The molecule has 1 fully saturated rings. The Labute approximate surface area is 149 Å². The smallest absolute Gasteiger partial charge is 0.227 e. The highest BCUT2D eigenvalue weighted by Crippen LogP contribution is 2.30. The van der Waals surface area contributed by atoms with Crippen LogP contribution in [0, 0.1) is 5.92 Å². The lowest BCUT2D eigenvalue weighted by atomic mass is 10.0. The largest absolute Gasteiger partial charge is 0.355 e. The van der Waals surface area contributed by atoms with Crippen LogP contribution in [0.3, 0.4) is 0 Å². The van der Waals surface area contributed by atoms with Crippen molar-refractivity contribution < 1.29 is 4.79 Å². The summed E-state index contributed by atoms with van der Waals surface area (Å²) in [5.41, 5.74) is 2.17. The van der Waals surface area contributed by atoms with Crippen molar-refractivity contribution in [3.8, 4) is 0 Å². The number of amides is 1. The van der Waals surface area contributed by atoms with E-state index in [4.69, 9.17) is 0 Å². The lowest BCUT2D eigenvalue weighted by Crippen LogP contribution is -2.40. The quantitative estimate of drug-likeness (QED) is 0.768. The summed E-state index contributed by atoms with van der Waals surface area (Å²) in [6, 6.07) is 4.16. The van der Waals surface area contributed by atoms with E-state index in [-0.39, 0.29) is 5.92 Å². The fraction of sp³-hybridized carbons (Fsp3) is 0.389. The molecule has 0 aliphatic carbocycles. The number of carbonyl (C=O) groups excluding carboxylic acids is 1. The zero-order valence-electron chi connectivity index (χ0n) is 13.8. The van der Waals surface area contributed by atoms with E-state index in [9.17, 15) is 4.79 Å². The molecule has 1 amide bonds. The lowest BCUT2D eigenvalue weighted by Gasteiger charge is -2.29. The van der Waals surface area contributed by atoms with Crippen molar-refractivity contribution in [2.24, 2.45) is 5.92 Å². The average molecular weight is 353 g/mol. The molecule has 0 spiro atoms. The summed E-state index contributed by atoms with van der Waals surface area (Å²) in [6.45, 7) is 3.22. The van der Waals surface area contributed by atoms with E-state index in [1.54, 1.807) is 6.33 Å². The van der Waals surface area contributed by atoms with E-state index in [1.165, 1.54) is 10.4 Å². The third-order valence-electron chi connectivity index (χ3n) is 5.29. The van der Waals surface area contributed by atoms with Gasteiger partial charge in [0, 0.05) is 37.3 Å². The molecule has 0 saturated carbocycles. The van der Waals surface area contributed by atoms with Crippen LogP contribution in [0.15, 0.2) is 30.0 Å². The summed E-state index contributed by atoms with van der Waals surface area (Å²) >= 11 is 1.81. The highest BCUT2D eigenvalue weighted by atomic mass is 32.1. The van der Waals surface area contributed by atoms with Gasteiger partial charge >= 0.3 is 0 Å². The Morgan fingerprint density at radius 3 is 3.20 bits per heavy atom. The number of hydrogen-bond acceptors (Lipinski definition) is 5. The number of aromatic nitrogens is 3. The monoisotopic (exact) mass is 353 g/mol. The molecule has 2 aliphatic heterocycles. The number of rotatable bonds is 2. The predicted octanol–water partition coefficient (Wildman–Crippen LogP) is 2.43. The molecule has 5 heterocycles. The zero-order chi connectivity index (χ0) is 16.8. The van der Waals surface area contributed by atoms with Crippen molar-refractivity contribution >= 4 is 34.1 Å². The number of fused-ring (bicyclic) bond motifs is 2. The minimum Gasteiger partial charge on any atom is -0.355 e. The number of thiophene rings is 1. The van der Waals surface area contributed by atoms with Gasteiger partial charge in [-0.05, 0) is 35.9 Å². The first-order valence-corrected chi connectivity index (χ1v) is 9.54. The minimum absolute atomic E-state index is 0.0594. The number of nitrogens with zero attached hydrogens (tertiary/aromatic N) is 4. The van der Waals surface area contributed by atoms with Crippen molar-refractivity contribution in [1.29, 1.82) is 0 Å². The van der Waals surface area contributed by atoms with Crippen molar-refractivity contribution in [2.45, 2.75) is 19.4 Å². The van der Waals surface area contributed by atoms with Gasteiger partial charge < -0.3 is 14.8 Å². The highest BCUT2D eigenvalue weighted by Gasteiger charge is 2.34. The first-order chi connectivity index (χ1) is 12.3. The molecular weight excluding hydrogens is 334 g/mol. The topological polar surface area (TPSA) is 65.1 Å². The van der Waals surface area contributed by atoms with Crippen LogP contribution in [-0.4, -0.2) is 45.4 Å². The van der Waals surface area contributed by atoms with E-state index in [1.807, 2.05) is 28.5 Å². The summed E-state index contributed by atoms with van der Waals surface area (Å²) in [4.78, 5) is 30.5. The zero-order valence-corrected chi connectivity index (χ0v) is 14.6. The Morgan fingerprint density at radius 2 is 2.24 bits per heavy atom. The predicted molar refractivity (Wildman–Crippen MR) is 97.6 cm³/mol. The summed E-state index contributed by atoms with van der Waals surface area (Å²) in [5, 5.41) is 3.16. The Morgan fingerprint density at radius 1 is 1.28 bits per heavy atom. The second-order valence-corrected chi connectivity index (χ2v) is 7.75.